The molecule has 0 aromatic heterocycles. The van der Waals surface area contributed by atoms with E-state index in [0.717, 1.165) is 0 Å². The molecule has 0 aliphatic rings. The summed E-state index contributed by atoms with van der Waals surface area (Å²) in [5.74, 6) is 0. The van der Waals surface area contributed by atoms with E-state index in [1.807, 2.05) is 0 Å². The molecule has 25 heavy (non-hydrogen) atoms. The summed E-state index contributed by atoms with van der Waals surface area (Å²) in [6.07, 6.45) is 0. The van der Waals surface area contributed by atoms with Crippen molar-refractivity contribution in [2.75, 3.05) is 0 Å². The molecule has 0 aliphatic carbocycles. The standard InChI is InChI=1S/La.2H2NO3.4HNO3/c;6*2-1(3)4/h;2*(H2,2,3,4);4*(H,2,3,4)/q;2*+1;;;;. The largest absolute Gasteiger partial charge is 0.472 e. The molecule has 0 bridgehead atoms. The third-order valence-electron chi connectivity index (χ3n) is 0. The first-order valence-corrected chi connectivity index (χ1v) is 3.43. The quantitative estimate of drug-likeness (QED) is 0.123. The van der Waals surface area contributed by atoms with E-state index in [2.05, 4.69) is 0 Å². The molecule has 0 saturated carbocycles. The Balaban J connectivity index is -0.0000000309. The molecule has 24 nitrogen and oxygen atoms in total. The molecule has 147 valence electrons. The molecule has 0 fully saturated rings. The van der Waals surface area contributed by atoms with Crippen LogP contribution in [0.2, 0.25) is 0 Å². The minimum absolute atomic E-state index is 0. The maximum atomic E-state index is 8.47. The Bertz CT molecular complexity index is 257. The van der Waals surface area contributed by atoms with Gasteiger partial charge in [0, 0.05) is 35.6 Å². The summed E-state index contributed by atoms with van der Waals surface area (Å²) < 4.78 is 0. The van der Waals surface area contributed by atoms with Crippen molar-refractivity contribution in [2.24, 2.45) is 0 Å². The molecule has 0 rings (SSSR count). The van der Waals surface area contributed by atoms with Crippen LogP contribution < -0.4 is 0 Å². The van der Waals surface area contributed by atoms with Gasteiger partial charge in [-0.3, -0.25) is 0 Å². The molecular weight excluding hydrogens is 511 g/mol. The molecule has 0 spiro atoms. The van der Waals surface area contributed by atoms with E-state index in [-0.39, 0.29) is 35.6 Å². The maximum absolute atomic E-state index is 8.47. The average molecular weight is 519 g/mol. The molecule has 25 heteroatoms. The van der Waals surface area contributed by atoms with Gasteiger partial charge in [0.2, 0.25) is 0 Å². The van der Waals surface area contributed by atoms with Gasteiger partial charge < -0.3 is 20.8 Å². The summed E-state index contributed by atoms with van der Waals surface area (Å²) in [7, 11) is 0. The molecule has 0 heterocycles. The van der Waals surface area contributed by atoms with Crippen molar-refractivity contribution in [3.05, 3.63) is 50.3 Å². The third kappa shape index (κ3) is 531. The molecule has 8 N–H and O–H groups in total. The first kappa shape index (κ1) is 42.9. The van der Waals surface area contributed by atoms with Gasteiger partial charge in [0.1, 0.15) is 9.81 Å². The second-order valence-electron chi connectivity index (χ2n) is 1.46. The fraction of sp³-hybridized carbons (Fsp3) is 0. The molecule has 0 aliphatic heterocycles. The van der Waals surface area contributed by atoms with Gasteiger partial charge in [0.05, 0.1) is 0 Å². The molecule has 0 aromatic carbocycles. The molecular formula is H8LaN6O18+2. The number of hydrogen-bond donors (Lipinski definition) is 8. The van der Waals surface area contributed by atoms with Gasteiger partial charge in [0.15, 0.2) is 0 Å². The van der Waals surface area contributed by atoms with Crippen LogP contribution in [0.5, 0.6) is 0 Å². The summed E-state index contributed by atoms with van der Waals surface area (Å²) in [5.41, 5.74) is 0. The summed E-state index contributed by atoms with van der Waals surface area (Å²) in [6, 6.07) is 0. The van der Waals surface area contributed by atoms with E-state index in [0.29, 0.717) is 0 Å². The van der Waals surface area contributed by atoms with Crippen LogP contribution in [-0.2, 0) is 0 Å². The summed E-state index contributed by atoms with van der Waals surface area (Å²) in [4.78, 5) is 50.4. The number of hydrogen-bond acceptors (Lipinski definition) is 10. The minimum Gasteiger partial charge on any atom is -0.328 e. The van der Waals surface area contributed by atoms with Gasteiger partial charge in [-0.1, -0.05) is 0 Å². The first-order valence-electron chi connectivity index (χ1n) is 3.43. The topological polar surface area (TPSA) is 375 Å². The first-order chi connectivity index (χ1) is 10.4. The smallest absolute Gasteiger partial charge is 0.328 e. The van der Waals surface area contributed by atoms with E-state index in [9.17, 15) is 0 Å². The molecule has 1 radical (unpaired) electrons. The molecule has 0 saturated heterocycles. The van der Waals surface area contributed by atoms with Gasteiger partial charge in [-0.2, -0.15) is 0 Å². The van der Waals surface area contributed by atoms with Crippen molar-refractivity contribution in [3.8, 4) is 0 Å². The third-order valence-corrected chi connectivity index (χ3v) is 0. The monoisotopic (exact) mass is 519 g/mol. The Labute approximate surface area is 158 Å². The zero-order valence-corrected chi connectivity index (χ0v) is 14.5. The maximum Gasteiger partial charge on any atom is 0.472 e. The van der Waals surface area contributed by atoms with Crippen LogP contribution >= 0.6 is 0 Å². The Hall–Kier alpha value is -3.61. The van der Waals surface area contributed by atoms with E-state index in [4.69, 9.17) is 91.9 Å². The molecule has 0 unspecified atom stereocenters. The Morgan fingerprint density at radius 3 is 0.400 bits per heavy atom. The predicted molar refractivity (Wildman–Crippen MR) is 49.5 cm³/mol. The van der Waals surface area contributed by atoms with Crippen LogP contribution in [0, 0.1) is 85.9 Å². The summed E-state index contributed by atoms with van der Waals surface area (Å²) in [6.45, 7) is 0. The fourth-order valence-corrected chi connectivity index (χ4v) is 0. The van der Waals surface area contributed by atoms with Crippen LogP contribution in [0.4, 0.5) is 0 Å². The number of rotatable bonds is 0. The van der Waals surface area contributed by atoms with Gasteiger partial charge in [0.25, 0.3) is 20.3 Å². The Morgan fingerprint density at radius 1 is 0.400 bits per heavy atom. The summed E-state index contributed by atoms with van der Waals surface area (Å²) >= 11 is 0. The molecule has 0 aromatic rings. The van der Waals surface area contributed by atoms with E-state index in [1.165, 1.54) is 0 Å². The van der Waals surface area contributed by atoms with Gasteiger partial charge in [-0.05, 0) is 0 Å². The van der Waals surface area contributed by atoms with Crippen LogP contribution in [0.1, 0.15) is 0 Å². The van der Waals surface area contributed by atoms with E-state index < -0.39 is 30.5 Å². The Kier molecular flexibility index (Phi) is 63.6. The van der Waals surface area contributed by atoms with Crippen molar-refractivity contribution in [2.45, 2.75) is 0 Å². The van der Waals surface area contributed by atoms with E-state index in [1.54, 1.807) is 0 Å². The molecule has 0 amide bonds. The van der Waals surface area contributed by atoms with Gasteiger partial charge >= 0.3 is 10.2 Å². The predicted octanol–water partition coefficient (Wildman–Crippen LogP) is -2.30. The summed E-state index contributed by atoms with van der Waals surface area (Å²) in [5, 5.41) is 79.6. The average Bonchev–Trinajstić information content (AvgIpc) is 2.08. The normalized spacial score (nSPS) is 5.76. The van der Waals surface area contributed by atoms with Crippen LogP contribution in [-0.4, -0.2) is 72.2 Å². The molecule has 0 atom stereocenters. The van der Waals surface area contributed by atoms with Crippen molar-refractivity contribution in [3.63, 3.8) is 0 Å². The minimum atomic E-state index is -1.50. The zero-order chi connectivity index (χ0) is 21.5. The fourth-order valence-electron chi connectivity index (χ4n) is 0. The van der Waals surface area contributed by atoms with Gasteiger partial charge in [-0.25, -0.2) is 20.8 Å². The second kappa shape index (κ2) is 37.0. The van der Waals surface area contributed by atoms with Gasteiger partial charge in [-0.15, -0.1) is 40.5 Å². The van der Waals surface area contributed by atoms with Crippen molar-refractivity contribution in [1.82, 2.24) is 0 Å². The number of nitrogens with zero attached hydrogens (tertiary/aromatic N) is 6. The van der Waals surface area contributed by atoms with Crippen LogP contribution in [0.25, 0.3) is 0 Å². The van der Waals surface area contributed by atoms with Crippen molar-refractivity contribution < 1.29 is 108 Å². The van der Waals surface area contributed by atoms with E-state index >= 15 is 0 Å². The van der Waals surface area contributed by atoms with Crippen LogP contribution in [0.3, 0.4) is 0 Å². The SMILES string of the molecule is O=[N+](O)O.O=[N+](O)O.O=[N+]([O-])O.O=[N+]([O-])O.O=[N+]([O-])O.O=[N+]([O-])O.[La]. The van der Waals surface area contributed by atoms with Crippen molar-refractivity contribution in [1.29, 1.82) is 0 Å². The Morgan fingerprint density at radius 2 is 0.400 bits per heavy atom. The van der Waals surface area contributed by atoms with Crippen molar-refractivity contribution >= 4 is 0 Å². The second-order valence-corrected chi connectivity index (χ2v) is 1.46. The zero-order valence-electron chi connectivity index (χ0n) is 10.9. The van der Waals surface area contributed by atoms with Crippen LogP contribution in [0.15, 0.2) is 0 Å².